The van der Waals surface area contributed by atoms with E-state index in [9.17, 15) is 0 Å². The lowest BCUT2D eigenvalue weighted by Crippen LogP contribution is -2.33. The van der Waals surface area contributed by atoms with Crippen LogP contribution in [0.2, 0.25) is 5.15 Å². The van der Waals surface area contributed by atoms with E-state index in [0.29, 0.717) is 11.2 Å². The largest absolute Gasteiger partial charge is 0.330 e. The average molecular weight is 384 g/mol. The van der Waals surface area contributed by atoms with Gasteiger partial charge in [0.2, 0.25) is 0 Å². The van der Waals surface area contributed by atoms with Gasteiger partial charge in [0.1, 0.15) is 10.8 Å². The van der Waals surface area contributed by atoms with Gasteiger partial charge in [0.15, 0.2) is 0 Å². The third-order valence-electron chi connectivity index (χ3n) is 5.40. The highest BCUT2D eigenvalue weighted by atomic mass is 35.5. The normalized spacial score (nSPS) is 16.8. The first-order valence-electron chi connectivity index (χ1n) is 9.77. The SMILES string of the molecule is NCCCCN(Cc1nc2ccccn2c1Cl)C1CCCc2cccnc21. The van der Waals surface area contributed by atoms with Crippen LogP contribution in [-0.4, -0.2) is 32.4 Å². The predicted octanol–water partition coefficient (Wildman–Crippen LogP) is 4.00. The van der Waals surface area contributed by atoms with E-state index in [0.717, 1.165) is 56.7 Å². The van der Waals surface area contributed by atoms with Gasteiger partial charge in [-0.2, -0.15) is 0 Å². The molecule has 3 aromatic rings. The van der Waals surface area contributed by atoms with Crippen LogP contribution in [-0.2, 0) is 13.0 Å². The molecule has 0 amide bonds. The Kier molecular flexibility index (Phi) is 5.72. The number of halogens is 1. The van der Waals surface area contributed by atoms with E-state index >= 15 is 0 Å². The van der Waals surface area contributed by atoms with Crippen molar-refractivity contribution in [3.05, 3.63) is 64.8 Å². The first-order chi connectivity index (χ1) is 13.3. The Morgan fingerprint density at radius 3 is 3.00 bits per heavy atom. The van der Waals surface area contributed by atoms with E-state index in [4.69, 9.17) is 27.3 Å². The molecule has 4 rings (SSSR count). The van der Waals surface area contributed by atoms with Gasteiger partial charge in [0, 0.05) is 18.9 Å². The standard InChI is InChI=1S/C21H26ClN5/c22-21-17(25-19-10-1-3-14-27(19)21)15-26(13-4-2-11-23)18-9-5-7-16-8-6-12-24-20(16)18/h1,3,6,8,10,12,14,18H,2,4-5,7,9,11,13,15,23H2. The Balaban J connectivity index is 1.64. The van der Waals surface area contributed by atoms with Crippen LogP contribution in [0.5, 0.6) is 0 Å². The van der Waals surface area contributed by atoms with Crippen molar-refractivity contribution in [3.63, 3.8) is 0 Å². The molecule has 142 valence electrons. The predicted molar refractivity (Wildman–Crippen MR) is 109 cm³/mol. The molecule has 27 heavy (non-hydrogen) atoms. The van der Waals surface area contributed by atoms with Crippen molar-refractivity contribution in [1.82, 2.24) is 19.3 Å². The minimum atomic E-state index is 0.314. The van der Waals surface area contributed by atoms with Gasteiger partial charge in [-0.15, -0.1) is 0 Å². The molecule has 1 aliphatic rings. The summed E-state index contributed by atoms with van der Waals surface area (Å²) in [6.45, 7) is 2.43. The molecule has 1 unspecified atom stereocenters. The van der Waals surface area contributed by atoms with Gasteiger partial charge in [0.05, 0.1) is 17.4 Å². The van der Waals surface area contributed by atoms with Crippen LogP contribution in [0.25, 0.3) is 5.65 Å². The molecule has 0 fully saturated rings. The van der Waals surface area contributed by atoms with Crippen molar-refractivity contribution in [2.45, 2.75) is 44.7 Å². The van der Waals surface area contributed by atoms with E-state index in [1.165, 1.54) is 17.7 Å². The molecule has 0 aliphatic heterocycles. The molecule has 0 spiro atoms. The lowest BCUT2D eigenvalue weighted by Gasteiger charge is -2.34. The number of rotatable bonds is 7. The third kappa shape index (κ3) is 3.86. The second kappa shape index (κ2) is 8.38. The molecule has 0 bridgehead atoms. The number of pyridine rings is 2. The van der Waals surface area contributed by atoms with Crippen molar-refractivity contribution in [1.29, 1.82) is 0 Å². The van der Waals surface area contributed by atoms with Crippen molar-refractivity contribution in [2.75, 3.05) is 13.1 Å². The number of nitrogens with zero attached hydrogens (tertiary/aromatic N) is 4. The van der Waals surface area contributed by atoms with E-state index in [-0.39, 0.29) is 0 Å². The van der Waals surface area contributed by atoms with Crippen LogP contribution in [0.15, 0.2) is 42.7 Å². The summed E-state index contributed by atoms with van der Waals surface area (Å²) in [4.78, 5) is 12.0. The van der Waals surface area contributed by atoms with Crippen molar-refractivity contribution in [3.8, 4) is 0 Å². The topological polar surface area (TPSA) is 59.5 Å². The summed E-state index contributed by atoms with van der Waals surface area (Å²) in [5.41, 5.74) is 10.1. The van der Waals surface area contributed by atoms with Crippen LogP contribution in [0.1, 0.15) is 48.7 Å². The number of nitrogens with two attached hydrogens (primary N) is 1. The van der Waals surface area contributed by atoms with E-state index < -0.39 is 0 Å². The second-order valence-corrected chi connectivity index (χ2v) is 7.56. The highest BCUT2D eigenvalue weighted by molar-refractivity contribution is 6.30. The summed E-state index contributed by atoms with van der Waals surface area (Å²) in [5, 5.41) is 0.700. The van der Waals surface area contributed by atoms with Gasteiger partial charge in [0.25, 0.3) is 0 Å². The molecule has 1 atom stereocenters. The van der Waals surface area contributed by atoms with Gasteiger partial charge < -0.3 is 5.73 Å². The number of aryl methyl sites for hydroxylation is 1. The highest BCUT2D eigenvalue weighted by Crippen LogP contribution is 2.34. The summed E-state index contributed by atoms with van der Waals surface area (Å²) in [7, 11) is 0. The van der Waals surface area contributed by atoms with Gasteiger partial charge in [-0.25, -0.2) is 4.98 Å². The van der Waals surface area contributed by atoms with E-state index in [2.05, 4.69) is 11.0 Å². The van der Waals surface area contributed by atoms with Crippen LogP contribution in [0.4, 0.5) is 0 Å². The zero-order valence-corrected chi connectivity index (χ0v) is 16.3. The summed E-state index contributed by atoms with van der Waals surface area (Å²) in [6, 6.07) is 10.5. The minimum absolute atomic E-state index is 0.314. The molecule has 3 aromatic heterocycles. The second-order valence-electron chi connectivity index (χ2n) is 7.20. The maximum atomic E-state index is 6.64. The molecule has 0 aromatic carbocycles. The van der Waals surface area contributed by atoms with Gasteiger partial charge in [-0.1, -0.05) is 23.7 Å². The fourth-order valence-electron chi connectivity index (χ4n) is 4.05. The number of hydrogen-bond acceptors (Lipinski definition) is 4. The number of unbranched alkanes of at least 4 members (excludes halogenated alkanes) is 1. The molecule has 3 heterocycles. The molecule has 0 saturated carbocycles. The first kappa shape index (κ1) is 18.4. The average Bonchev–Trinajstić information content (AvgIpc) is 3.03. The van der Waals surface area contributed by atoms with Crippen LogP contribution < -0.4 is 5.73 Å². The minimum Gasteiger partial charge on any atom is -0.330 e. The Morgan fingerprint density at radius 2 is 2.15 bits per heavy atom. The van der Waals surface area contributed by atoms with Crippen molar-refractivity contribution in [2.24, 2.45) is 5.73 Å². The van der Waals surface area contributed by atoms with Gasteiger partial charge in [-0.3, -0.25) is 14.3 Å². The molecule has 6 heteroatoms. The third-order valence-corrected chi connectivity index (χ3v) is 5.80. The molecule has 0 radical (unpaired) electrons. The van der Waals surface area contributed by atoms with Gasteiger partial charge >= 0.3 is 0 Å². The molecular formula is C21H26ClN5. The smallest absolute Gasteiger partial charge is 0.138 e. The Hall–Kier alpha value is -1.95. The van der Waals surface area contributed by atoms with Crippen LogP contribution in [0, 0.1) is 0 Å². The number of hydrogen-bond donors (Lipinski definition) is 1. The first-order valence-corrected chi connectivity index (χ1v) is 10.1. The van der Waals surface area contributed by atoms with Crippen molar-refractivity contribution >= 4 is 17.2 Å². The number of imidazole rings is 1. The van der Waals surface area contributed by atoms with Gasteiger partial charge in [-0.05, 0) is 69.0 Å². The lowest BCUT2D eigenvalue weighted by molar-refractivity contribution is 0.161. The zero-order valence-electron chi connectivity index (χ0n) is 15.5. The summed E-state index contributed by atoms with van der Waals surface area (Å²) in [6.07, 6.45) is 9.40. The maximum Gasteiger partial charge on any atom is 0.138 e. The van der Waals surface area contributed by atoms with E-state index in [1.807, 2.05) is 41.1 Å². The summed E-state index contributed by atoms with van der Waals surface area (Å²) < 4.78 is 1.95. The molecule has 1 aliphatic carbocycles. The molecular weight excluding hydrogens is 358 g/mol. The van der Waals surface area contributed by atoms with E-state index in [1.54, 1.807) is 0 Å². The number of aromatic nitrogens is 3. The maximum absolute atomic E-state index is 6.64. The van der Waals surface area contributed by atoms with Crippen LogP contribution in [0.3, 0.4) is 0 Å². The molecule has 5 nitrogen and oxygen atoms in total. The summed E-state index contributed by atoms with van der Waals surface area (Å²) in [5.74, 6) is 0. The monoisotopic (exact) mass is 383 g/mol. The Labute approximate surface area is 165 Å². The zero-order chi connectivity index (χ0) is 18.6. The summed E-state index contributed by atoms with van der Waals surface area (Å²) >= 11 is 6.64. The lowest BCUT2D eigenvalue weighted by atomic mass is 9.90. The molecule has 2 N–H and O–H groups in total. The van der Waals surface area contributed by atoms with Crippen molar-refractivity contribution < 1.29 is 0 Å². The van der Waals surface area contributed by atoms with Crippen LogP contribution >= 0.6 is 11.6 Å². The Morgan fingerprint density at radius 1 is 1.22 bits per heavy atom. The fraction of sp³-hybridized carbons (Fsp3) is 0.429. The Bertz CT molecular complexity index is 906. The molecule has 0 saturated heterocycles. The highest BCUT2D eigenvalue weighted by Gasteiger charge is 2.28. The number of fused-ring (bicyclic) bond motifs is 2. The fourth-order valence-corrected chi connectivity index (χ4v) is 4.30. The quantitative estimate of drug-likeness (QED) is 0.626.